The first-order valence-electron chi connectivity index (χ1n) is 7.40. The second kappa shape index (κ2) is 6.55. The minimum atomic E-state index is 0.326. The van der Waals surface area contributed by atoms with Gasteiger partial charge < -0.3 is 5.32 Å². The normalized spacial score (nSPS) is 12.7. The van der Waals surface area contributed by atoms with Gasteiger partial charge in [0.15, 0.2) is 0 Å². The maximum Gasteiger partial charge on any atom is 0.0671 e. The predicted molar refractivity (Wildman–Crippen MR) is 89.8 cm³/mol. The summed E-state index contributed by atoms with van der Waals surface area (Å²) in [5.41, 5.74) is 5.51. The summed E-state index contributed by atoms with van der Waals surface area (Å²) < 4.78 is 0. The van der Waals surface area contributed by atoms with E-state index in [0.29, 0.717) is 6.04 Å². The Morgan fingerprint density at radius 2 is 1.75 bits per heavy atom. The summed E-state index contributed by atoms with van der Waals surface area (Å²) in [5, 5.41) is 3.70. The van der Waals surface area contributed by atoms with Crippen molar-refractivity contribution in [2.75, 3.05) is 6.54 Å². The average Bonchev–Trinajstić information content (AvgIpc) is 2.74. The van der Waals surface area contributed by atoms with Gasteiger partial charge in [-0.15, -0.1) is 11.3 Å². The number of hydrogen-bond donors (Lipinski definition) is 1. The Hall–Kier alpha value is -1.12. The van der Waals surface area contributed by atoms with E-state index < -0.39 is 0 Å². The number of aryl methyl sites for hydroxylation is 4. The third kappa shape index (κ3) is 3.31. The van der Waals surface area contributed by atoms with Crippen LogP contribution in [0.1, 0.15) is 51.4 Å². The van der Waals surface area contributed by atoms with Gasteiger partial charge in [0, 0.05) is 9.75 Å². The van der Waals surface area contributed by atoms with Crippen LogP contribution in [0.3, 0.4) is 0 Å². The zero-order chi connectivity index (χ0) is 14.7. The van der Waals surface area contributed by atoms with Crippen LogP contribution in [-0.4, -0.2) is 6.54 Å². The van der Waals surface area contributed by atoms with E-state index in [9.17, 15) is 0 Å². The van der Waals surface area contributed by atoms with Gasteiger partial charge in [-0.05, 0) is 69.0 Å². The van der Waals surface area contributed by atoms with Gasteiger partial charge in [-0.25, -0.2) is 0 Å². The smallest absolute Gasteiger partial charge is 0.0671 e. The standard InChI is InChI=1S/C18H25NS/c1-6-9-19-18(17-11-14(4)15(5)20-17)16-8-7-12(2)13(3)10-16/h7-8,10-11,18-19H,6,9H2,1-5H3. The second-order valence-electron chi connectivity index (χ2n) is 5.62. The molecule has 0 fully saturated rings. The minimum absolute atomic E-state index is 0.326. The molecular formula is C18H25NS. The molecule has 0 saturated carbocycles. The van der Waals surface area contributed by atoms with E-state index >= 15 is 0 Å². The molecule has 1 unspecified atom stereocenters. The maximum atomic E-state index is 3.70. The topological polar surface area (TPSA) is 12.0 Å². The molecule has 0 amide bonds. The van der Waals surface area contributed by atoms with Crippen molar-refractivity contribution in [3.63, 3.8) is 0 Å². The minimum Gasteiger partial charge on any atom is -0.306 e. The van der Waals surface area contributed by atoms with Gasteiger partial charge in [-0.3, -0.25) is 0 Å². The molecule has 20 heavy (non-hydrogen) atoms. The Morgan fingerprint density at radius 3 is 2.30 bits per heavy atom. The highest BCUT2D eigenvalue weighted by Crippen LogP contribution is 2.31. The molecule has 1 N–H and O–H groups in total. The van der Waals surface area contributed by atoms with E-state index in [-0.39, 0.29) is 0 Å². The number of hydrogen-bond acceptors (Lipinski definition) is 2. The molecule has 0 saturated heterocycles. The van der Waals surface area contributed by atoms with E-state index in [2.05, 4.69) is 64.2 Å². The Labute approximate surface area is 127 Å². The molecule has 0 radical (unpaired) electrons. The van der Waals surface area contributed by atoms with Crippen LogP contribution in [-0.2, 0) is 0 Å². The van der Waals surface area contributed by atoms with Crippen LogP contribution < -0.4 is 5.32 Å². The van der Waals surface area contributed by atoms with E-state index in [0.717, 1.165) is 13.0 Å². The van der Waals surface area contributed by atoms with Gasteiger partial charge in [0.05, 0.1) is 6.04 Å². The van der Waals surface area contributed by atoms with Crippen LogP contribution >= 0.6 is 11.3 Å². The fourth-order valence-electron chi connectivity index (χ4n) is 2.36. The molecule has 108 valence electrons. The largest absolute Gasteiger partial charge is 0.306 e. The average molecular weight is 287 g/mol. The van der Waals surface area contributed by atoms with Gasteiger partial charge in [0.2, 0.25) is 0 Å². The summed E-state index contributed by atoms with van der Waals surface area (Å²) in [4.78, 5) is 2.85. The summed E-state index contributed by atoms with van der Waals surface area (Å²) in [6.45, 7) is 12.0. The van der Waals surface area contributed by atoms with E-state index in [1.54, 1.807) is 0 Å². The molecule has 1 atom stereocenters. The lowest BCUT2D eigenvalue weighted by atomic mass is 9.99. The maximum absolute atomic E-state index is 3.70. The highest BCUT2D eigenvalue weighted by Gasteiger charge is 2.16. The lowest BCUT2D eigenvalue weighted by Crippen LogP contribution is -2.22. The Bertz CT molecular complexity index is 564. The van der Waals surface area contributed by atoms with Crippen LogP contribution in [0.25, 0.3) is 0 Å². The molecule has 0 bridgehead atoms. The Kier molecular flexibility index (Phi) is 5.00. The van der Waals surface area contributed by atoms with Crippen LogP contribution in [0, 0.1) is 27.7 Å². The molecule has 0 aliphatic rings. The number of rotatable bonds is 5. The Morgan fingerprint density at radius 1 is 1.00 bits per heavy atom. The van der Waals surface area contributed by atoms with Crippen molar-refractivity contribution in [1.29, 1.82) is 0 Å². The van der Waals surface area contributed by atoms with Crippen molar-refractivity contribution in [2.45, 2.75) is 47.1 Å². The lowest BCUT2D eigenvalue weighted by Gasteiger charge is -2.19. The lowest BCUT2D eigenvalue weighted by molar-refractivity contribution is 0.605. The van der Waals surface area contributed by atoms with Crippen LogP contribution in [0.5, 0.6) is 0 Å². The zero-order valence-electron chi connectivity index (χ0n) is 13.2. The zero-order valence-corrected chi connectivity index (χ0v) is 14.0. The summed E-state index contributed by atoms with van der Waals surface area (Å²) in [7, 11) is 0. The van der Waals surface area contributed by atoms with E-state index in [1.807, 2.05) is 11.3 Å². The molecule has 2 rings (SSSR count). The Balaban J connectivity index is 2.38. The molecule has 0 spiro atoms. The van der Waals surface area contributed by atoms with Crippen molar-refractivity contribution in [1.82, 2.24) is 5.32 Å². The molecule has 0 aliphatic heterocycles. The molecule has 0 aliphatic carbocycles. The first-order chi connectivity index (χ1) is 9.52. The summed E-state index contributed by atoms with van der Waals surface area (Å²) >= 11 is 1.92. The van der Waals surface area contributed by atoms with Gasteiger partial charge >= 0.3 is 0 Å². The number of thiophene rings is 1. The van der Waals surface area contributed by atoms with Crippen molar-refractivity contribution in [2.24, 2.45) is 0 Å². The van der Waals surface area contributed by atoms with Crippen LogP contribution in [0.4, 0.5) is 0 Å². The third-order valence-electron chi connectivity index (χ3n) is 3.93. The van der Waals surface area contributed by atoms with Gasteiger partial charge in [0.25, 0.3) is 0 Å². The molecule has 1 heterocycles. The fourth-order valence-corrected chi connectivity index (χ4v) is 3.51. The second-order valence-corrected chi connectivity index (χ2v) is 6.91. The first kappa shape index (κ1) is 15.3. The van der Waals surface area contributed by atoms with Gasteiger partial charge in [-0.1, -0.05) is 25.1 Å². The highest BCUT2D eigenvalue weighted by atomic mass is 32.1. The number of nitrogens with one attached hydrogen (secondary N) is 1. The monoisotopic (exact) mass is 287 g/mol. The van der Waals surface area contributed by atoms with Crippen molar-refractivity contribution in [3.05, 3.63) is 56.3 Å². The molecule has 1 aromatic carbocycles. The molecule has 2 aromatic rings. The quantitative estimate of drug-likeness (QED) is 0.809. The summed E-state index contributed by atoms with van der Waals surface area (Å²) in [5.74, 6) is 0. The summed E-state index contributed by atoms with van der Waals surface area (Å²) in [6, 6.07) is 9.49. The number of benzene rings is 1. The fraction of sp³-hybridized carbons (Fsp3) is 0.444. The SMILES string of the molecule is CCCNC(c1ccc(C)c(C)c1)c1cc(C)c(C)s1. The first-order valence-corrected chi connectivity index (χ1v) is 8.22. The molecular weight excluding hydrogens is 262 g/mol. The van der Waals surface area contributed by atoms with Crippen LogP contribution in [0.15, 0.2) is 24.3 Å². The van der Waals surface area contributed by atoms with Crippen LogP contribution in [0.2, 0.25) is 0 Å². The molecule has 1 nitrogen and oxygen atoms in total. The van der Waals surface area contributed by atoms with Crippen molar-refractivity contribution < 1.29 is 0 Å². The van der Waals surface area contributed by atoms with Crippen molar-refractivity contribution in [3.8, 4) is 0 Å². The van der Waals surface area contributed by atoms with Gasteiger partial charge in [-0.2, -0.15) is 0 Å². The molecule has 1 aromatic heterocycles. The van der Waals surface area contributed by atoms with Gasteiger partial charge in [0.1, 0.15) is 0 Å². The third-order valence-corrected chi connectivity index (χ3v) is 5.15. The predicted octanol–water partition coefficient (Wildman–Crippen LogP) is 5.07. The highest BCUT2D eigenvalue weighted by molar-refractivity contribution is 7.12. The van der Waals surface area contributed by atoms with E-state index in [4.69, 9.17) is 0 Å². The van der Waals surface area contributed by atoms with Crippen molar-refractivity contribution >= 4 is 11.3 Å². The molecule has 2 heteroatoms. The summed E-state index contributed by atoms with van der Waals surface area (Å²) in [6.07, 6.45) is 1.16. The van der Waals surface area contributed by atoms with E-state index in [1.165, 1.54) is 32.0 Å².